The molecule has 1 aliphatic heterocycles. The molecule has 104 valence electrons. The Balaban J connectivity index is 1.75. The van der Waals surface area contributed by atoms with Gasteiger partial charge in [0.25, 0.3) is 0 Å². The van der Waals surface area contributed by atoms with E-state index >= 15 is 0 Å². The van der Waals surface area contributed by atoms with Gasteiger partial charge in [-0.15, -0.1) is 0 Å². The van der Waals surface area contributed by atoms with E-state index in [-0.39, 0.29) is 5.54 Å². The van der Waals surface area contributed by atoms with Gasteiger partial charge >= 0.3 is 0 Å². The van der Waals surface area contributed by atoms with Crippen LogP contribution in [0.3, 0.4) is 0 Å². The molecule has 0 aromatic heterocycles. The quantitative estimate of drug-likeness (QED) is 0.925. The summed E-state index contributed by atoms with van der Waals surface area (Å²) in [6.07, 6.45) is 0. The van der Waals surface area contributed by atoms with Crippen molar-refractivity contribution in [3.05, 3.63) is 71.8 Å². The van der Waals surface area contributed by atoms with Crippen LogP contribution in [0.5, 0.6) is 0 Å². The van der Waals surface area contributed by atoms with Crippen molar-refractivity contribution in [3.8, 4) is 0 Å². The van der Waals surface area contributed by atoms with Gasteiger partial charge in [-0.1, -0.05) is 60.7 Å². The predicted octanol–water partition coefficient (Wildman–Crippen LogP) is 3.00. The molecule has 0 unspecified atom stereocenters. The third-order valence-electron chi connectivity index (χ3n) is 4.25. The van der Waals surface area contributed by atoms with E-state index in [1.165, 1.54) is 11.1 Å². The Kier molecular flexibility index (Phi) is 3.60. The lowest BCUT2D eigenvalue weighted by Gasteiger charge is -2.26. The molecule has 1 aliphatic rings. The fourth-order valence-corrected chi connectivity index (χ4v) is 3.26. The summed E-state index contributed by atoms with van der Waals surface area (Å²) in [4.78, 5) is 2.47. The van der Waals surface area contributed by atoms with E-state index in [2.05, 4.69) is 72.5 Å². The second-order valence-corrected chi connectivity index (χ2v) is 6.12. The summed E-state index contributed by atoms with van der Waals surface area (Å²) >= 11 is 0. The van der Waals surface area contributed by atoms with Crippen LogP contribution in [0.25, 0.3) is 0 Å². The Morgan fingerprint density at radius 3 is 2.30 bits per heavy atom. The Bertz CT molecular complexity index is 548. The Hall–Kier alpha value is -1.64. The molecule has 20 heavy (non-hydrogen) atoms. The number of rotatable bonds is 3. The highest BCUT2D eigenvalue weighted by Gasteiger charge is 2.40. The molecule has 2 aromatic carbocycles. The smallest absolute Gasteiger partial charge is 0.0336 e. The number of hydrogen-bond acceptors (Lipinski definition) is 2. The van der Waals surface area contributed by atoms with E-state index in [9.17, 15) is 0 Å². The molecule has 2 N–H and O–H groups in total. The second kappa shape index (κ2) is 5.39. The van der Waals surface area contributed by atoms with Gasteiger partial charge in [0.15, 0.2) is 0 Å². The zero-order valence-electron chi connectivity index (χ0n) is 12.0. The van der Waals surface area contributed by atoms with Gasteiger partial charge < -0.3 is 5.73 Å². The van der Waals surface area contributed by atoms with E-state index in [1.54, 1.807) is 0 Å². The van der Waals surface area contributed by atoms with Crippen LogP contribution in [0.1, 0.15) is 24.0 Å². The number of likely N-dealkylation sites (tertiary alicyclic amines) is 1. The molecule has 1 fully saturated rings. The van der Waals surface area contributed by atoms with Crippen molar-refractivity contribution in [2.75, 3.05) is 13.1 Å². The zero-order valence-corrected chi connectivity index (χ0v) is 12.0. The lowest BCUT2D eigenvalue weighted by molar-refractivity contribution is 0.309. The first-order valence-electron chi connectivity index (χ1n) is 7.25. The standard InChI is InChI=1S/C18H22N2/c1-18(19)14-20(12-15-8-4-2-5-9-15)13-17(18)16-10-6-3-7-11-16/h2-11,17H,12-14,19H2,1H3/t17-,18-/m0/s1. The average molecular weight is 266 g/mol. The van der Waals surface area contributed by atoms with Crippen molar-refractivity contribution in [1.29, 1.82) is 0 Å². The Labute approximate surface area is 121 Å². The molecular weight excluding hydrogens is 244 g/mol. The van der Waals surface area contributed by atoms with Gasteiger partial charge in [-0.3, -0.25) is 4.90 Å². The topological polar surface area (TPSA) is 29.3 Å². The highest BCUT2D eigenvalue weighted by atomic mass is 15.2. The molecule has 1 saturated heterocycles. The zero-order chi connectivity index (χ0) is 14.0. The summed E-state index contributed by atoms with van der Waals surface area (Å²) in [7, 11) is 0. The van der Waals surface area contributed by atoms with Gasteiger partial charge in [-0.05, 0) is 18.1 Å². The summed E-state index contributed by atoms with van der Waals surface area (Å²) in [6.45, 7) is 5.14. The van der Waals surface area contributed by atoms with Gasteiger partial charge in [0.05, 0.1) is 0 Å². The lowest BCUT2D eigenvalue weighted by atomic mass is 9.84. The summed E-state index contributed by atoms with van der Waals surface area (Å²) < 4.78 is 0. The van der Waals surface area contributed by atoms with Gasteiger partial charge in [-0.25, -0.2) is 0 Å². The maximum absolute atomic E-state index is 6.56. The molecule has 2 atom stereocenters. The normalized spacial score (nSPS) is 26.8. The van der Waals surface area contributed by atoms with Crippen molar-refractivity contribution in [3.63, 3.8) is 0 Å². The van der Waals surface area contributed by atoms with Gasteiger partial charge in [0, 0.05) is 31.1 Å². The largest absolute Gasteiger partial charge is 0.324 e. The fraction of sp³-hybridized carbons (Fsp3) is 0.333. The fourth-order valence-electron chi connectivity index (χ4n) is 3.26. The number of hydrogen-bond donors (Lipinski definition) is 1. The van der Waals surface area contributed by atoms with Crippen LogP contribution in [0.4, 0.5) is 0 Å². The van der Waals surface area contributed by atoms with E-state index in [0.29, 0.717) is 5.92 Å². The molecule has 0 amide bonds. The predicted molar refractivity (Wildman–Crippen MR) is 83.5 cm³/mol. The van der Waals surface area contributed by atoms with E-state index < -0.39 is 0 Å². The Morgan fingerprint density at radius 1 is 1.05 bits per heavy atom. The van der Waals surface area contributed by atoms with Gasteiger partial charge in [0.1, 0.15) is 0 Å². The van der Waals surface area contributed by atoms with Gasteiger partial charge in [0.2, 0.25) is 0 Å². The molecule has 2 nitrogen and oxygen atoms in total. The second-order valence-electron chi connectivity index (χ2n) is 6.12. The van der Waals surface area contributed by atoms with Crippen molar-refractivity contribution < 1.29 is 0 Å². The van der Waals surface area contributed by atoms with E-state index in [1.807, 2.05) is 0 Å². The molecule has 3 rings (SSSR count). The minimum atomic E-state index is -0.157. The Morgan fingerprint density at radius 2 is 1.65 bits per heavy atom. The summed E-state index contributed by atoms with van der Waals surface area (Å²) in [5, 5.41) is 0. The molecule has 1 heterocycles. The molecule has 0 saturated carbocycles. The molecule has 0 spiro atoms. The molecular formula is C18H22N2. The van der Waals surface area contributed by atoms with Crippen molar-refractivity contribution in [1.82, 2.24) is 4.90 Å². The maximum atomic E-state index is 6.56. The molecule has 2 heteroatoms. The first kappa shape index (κ1) is 13.3. The third kappa shape index (κ3) is 2.77. The van der Waals surface area contributed by atoms with Crippen LogP contribution >= 0.6 is 0 Å². The van der Waals surface area contributed by atoms with Gasteiger partial charge in [-0.2, -0.15) is 0 Å². The molecule has 0 bridgehead atoms. The highest BCUT2D eigenvalue weighted by molar-refractivity contribution is 5.27. The van der Waals surface area contributed by atoms with Crippen LogP contribution in [0.15, 0.2) is 60.7 Å². The van der Waals surface area contributed by atoms with Crippen LogP contribution in [-0.2, 0) is 6.54 Å². The maximum Gasteiger partial charge on any atom is 0.0336 e. The van der Waals surface area contributed by atoms with E-state index in [0.717, 1.165) is 19.6 Å². The third-order valence-corrected chi connectivity index (χ3v) is 4.25. The highest BCUT2D eigenvalue weighted by Crippen LogP contribution is 2.34. The van der Waals surface area contributed by atoms with Crippen molar-refractivity contribution in [2.24, 2.45) is 5.73 Å². The van der Waals surface area contributed by atoms with Crippen LogP contribution in [-0.4, -0.2) is 23.5 Å². The summed E-state index contributed by atoms with van der Waals surface area (Å²) in [5.74, 6) is 0.410. The van der Waals surface area contributed by atoms with Crippen LogP contribution in [0, 0.1) is 0 Å². The number of nitrogens with two attached hydrogens (primary N) is 1. The first-order valence-corrected chi connectivity index (χ1v) is 7.25. The minimum Gasteiger partial charge on any atom is -0.324 e. The molecule has 0 radical (unpaired) electrons. The van der Waals surface area contributed by atoms with Crippen LogP contribution < -0.4 is 5.73 Å². The van der Waals surface area contributed by atoms with E-state index in [4.69, 9.17) is 5.73 Å². The summed E-state index contributed by atoms with van der Waals surface area (Å²) in [6, 6.07) is 21.3. The van der Waals surface area contributed by atoms with Crippen LogP contribution in [0.2, 0.25) is 0 Å². The van der Waals surface area contributed by atoms with Crippen molar-refractivity contribution >= 4 is 0 Å². The molecule has 2 aromatic rings. The molecule has 0 aliphatic carbocycles. The lowest BCUT2D eigenvalue weighted by Crippen LogP contribution is -2.43. The number of benzene rings is 2. The average Bonchev–Trinajstić information content (AvgIpc) is 2.75. The monoisotopic (exact) mass is 266 g/mol. The summed E-state index contributed by atoms with van der Waals surface area (Å²) in [5.41, 5.74) is 9.11. The van der Waals surface area contributed by atoms with Crippen molar-refractivity contribution in [2.45, 2.75) is 24.9 Å². The minimum absolute atomic E-state index is 0.157. The number of nitrogens with zero attached hydrogens (tertiary/aromatic N) is 1. The SMILES string of the molecule is C[C@]1(N)CN(Cc2ccccc2)C[C@H]1c1ccccc1. The first-order chi connectivity index (χ1) is 9.65.